The van der Waals surface area contributed by atoms with Crippen LogP contribution in [0.5, 0.6) is 5.75 Å². The van der Waals surface area contributed by atoms with Crippen molar-refractivity contribution in [1.82, 2.24) is 14.8 Å². The number of para-hydroxylation sites is 1. The number of hydrogen-bond acceptors (Lipinski definition) is 7. The zero-order chi connectivity index (χ0) is 28.5. The summed E-state index contributed by atoms with van der Waals surface area (Å²) in [5.41, 5.74) is 4.41. The van der Waals surface area contributed by atoms with Gasteiger partial charge in [0.25, 0.3) is 11.8 Å². The van der Waals surface area contributed by atoms with Gasteiger partial charge in [-0.25, -0.2) is 4.98 Å². The van der Waals surface area contributed by atoms with Gasteiger partial charge in [-0.1, -0.05) is 12.1 Å². The maximum atomic E-state index is 13.6. The molecule has 0 spiro atoms. The van der Waals surface area contributed by atoms with E-state index in [4.69, 9.17) is 4.74 Å². The van der Waals surface area contributed by atoms with Crippen molar-refractivity contribution >= 4 is 40.4 Å². The minimum Gasteiger partial charge on any atom is -0.492 e. The van der Waals surface area contributed by atoms with E-state index in [0.29, 0.717) is 35.3 Å². The van der Waals surface area contributed by atoms with Crippen molar-refractivity contribution in [2.45, 2.75) is 38.6 Å². The first-order valence-corrected chi connectivity index (χ1v) is 14.6. The van der Waals surface area contributed by atoms with Crippen LogP contribution in [0, 0.1) is 0 Å². The molecule has 2 amide bonds. The van der Waals surface area contributed by atoms with Gasteiger partial charge in [-0.15, -0.1) is 0 Å². The van der Waals surface area contributed by atoms with Crippen LogP contribution >= 0.6 is 0 Å². The average molecular weight is 555 g/mol. The molecule has 0 radical (unpaired) electrons. The summed E-state index contributed by atoms with van der Waals surface area (Å²) < 4.78 is 5.99. The van der Waals surface area contributed by atoms with Crippen LogP contribution in [-0.4, -0.2) is 79.5 Å². The minimum atomic E-state index is -0.0759. The third kappa shape index (κ3) is 5.22. The molecule has 3 aromatic rings. The fourth-order valence-corrected chi connectivity index (χ4v) is 6.30. The summed E-state index contributed by atoms with van der Waals surface area (Å²) >= 11 is 0. The Kier molecular flexibility index (Phi) is 7.53. The van der Waals surface area contributed by atoms with Gasteiger partial charge in [0.15, 0.2) is 0 Å². The molecule has 9 nitrogen and oxygen atoms in total. The third-order valence-electron chi connectivity index (χ3n) is 8.52. The van der Waals surface area contributed by atoms with Crippen LogP contribution in [0.15, 0.2) is 54.7 Å². The number of carbonyl (C=O) groups excluding carboxylic acids is 2. The molecule has 1 aromatic heterocycles. The van der Waals surface area contributed by atoms with E-state index in [-0.39, 0.29) is 11.8 Å². The summed E-state index contributed by atoms with van der Waals surface area (Å²) in [6.45, 7) is 6.27. The number of benzene rings is 2. The van der Waals surface area contributed by atoms with Crippen LogP contribution in [0.2, 0.25) is 0 Å². The number of aromatic nitrogens is 1. The second-order valence-corrected chi connectivity index (χ2v) is 11.1. The molecule has 4 heterocycles. The lowest BCUT2D eigenvalue weighted by atomic mass is 10.0. The standard InChI is InChI=1S/C32H38N6O3/c1-4-41-29-18-22(31(39)38-17-9-10-23(21-38)37-15-7-8-16-37)13-14-25(29)34-30-19-27-28(20-33-30)36(3)32(40)24-11-5-6-12-26(24)35(27)2/h5-6,11-14,18-20,23H,4,7-10,15-17,21H2,1-3H3,(H,33,34)/t23-/m1/s1. The van der Waals surface area contributed by atoms with Crippen LogP contribution in [0.4, 0.5) is 28.6 Å². The zero-order valence-electron chi connectivity index (χ0n) is 24.1. The molecular formula is C32H38N6O3. The molecule has 0 unspecified atom stereocenters. The van der Waals surface area contributed by atoms with Crippen LogP contribution in [0.25, 0.3) is 0 Å². The van der Waals surface area contributed by atoms with E-state index in [2.05, 4.69) is 15.2 Å². The highest BCUT2D eigenvalue weighted by atomic mass is 16.5. The molecule has 2 saturated heterocycles. The van der Waals surface area contributed by atoms with Gasteiger partial charge in [0.05, 0.1) is 41.1 Å². The lowest BCUT2D eigenvalue weighted by Gasteiger charge is -2.37. The number of likely N-dealkylation sites (tertiary alicyclic amines) is 2. The minimum absolute atomic E-state index is 0.0533. The Morgan fingerprint density at radius 3 is 2.59 bits per heavy atom. The van der Waals surface area contributed by atoms with Crippen LogP contribution in [0.1, 0.15) is 53.3 Å². The predicted octanol–water partition coefficient (Wildman–Crippen LogP) is 5.28. The van der Waals surface area contributed by atoms with Crippen LogP contribution in [-0.2, 0) is 0 Å². The van der Waals surface area contributed by atoms with E-state index < -0.39 is 0 Å². The Morgan fingerprint density at radius 1 is 0.976 bits per heavy atom. The number of anilines is 5. The molecule has 0 saturated carbocycles. The Balaban J connectivity index is 1.25. The first-order chi connectivity index (χ1) is 19.9. The molecule has 0 bridgehead atoms. The molecule has 2 aromatic carbocycles. The van der Waals surface area contributed by atoms with Crippen molar-refractivity contribution < 1.29 is 14.3 Å². The Labute approximate surface area is 241 Å². The van der Waals surface area contributed by atoms with Crippen LogP contribution < -0.4 is 19.9 Å². The summed E-state index contributed by atoms with van der Waals surface area (Å²) in [5.74, 6) is 1.19. The zero-order valence-corrected chi connectivity index (χ0v) is 24.1. The van der Waals surface area contributed by atoms with E-state index in [1.165, 1.54) is 12.8 Å². The SMILES string of the molecule is CCOc1cc(C(=O)N2CCC[C@@H](N3CCCC3)C2)ccc1Nc1cc2c(cn1)N(C)C(=O)c1ccccc1N2C. The normalized spacial score (nSPS) is 19.0. The maximum Gasteiger partial charge on any atom is 0.260 e. The van der Waals surface area contributed by atoms with Crippen molar-refractivity contribution in [3.8, 4) is 5.75 Å². The largest absolute Gasteiger partial charge is 0.492 e. The number of fused-ring (bicyclic) bond motifs is 2. The highest BCUT2D eigenvalue weighted by Gasteiger charge is 2.30. The third-order valence-corrected chi connectivity index (χ3v) is 8.52. The smallest absolute Gasteiger partial charge is 0.260 e. The molecule has 214 valence electrons. The molecule has 1 N–H and O–H groups in total. The number of hydrogen-bond donors (Lipinski definition) is 1. The van der Waals surface area contributed by atoms with E-state index in [1.54, 1.807) is 18.1 Å². The molecule has 3 aliphatic heterocycles. The first-order valence-electron chi connectivity index (χ1n) is 14.6. The molecule has 3 aliphatic rings. The summed E-state index contributed by atoms with van der Waals surface area (Å²) in [6, 6.07) is 15.6. The van der Waals surface area contributed by atoms with Gasteiger partial charge in [0.1, 0.15) is 11.6 Å². The number of pyridine rings is 1. The number of nitrogens with one attached hydrogen (secondary N) is 1. The quantitative estimate of drug-likeness (QED) is 0.444. The highest BCUT2D eigenvalue weighted by Crippen LogP contribution is 2.40. The maximum absolute atomic E-state index is 13.6. The monoisotopic (exact) mass is 554 g/mol. The van der Waals surface area contributed by atoms with Crippen molar-refractivity contribution in [3.05, 3.63) is 65.9 Å². The number of amides is 2. The van der Waals surface area contributed by atoms with Gasteiger partial charge < -0.3 is 24.8 Å². The number of rotatable bonds is 6. The van der Waals surface area contributed by atoms with Crippen molar-refractivity contribution in [1.29, 1.82) is 0 Å². The van der Waals surface area contributed by atoms with Gasteiger partial charge in [-0.05, 0) is 76.0 Å². The van der Waals surface area contributed by atoms with Gasteiger partial charge in [0.2, 0.25) is 0 Å². The van der Waals surface area contributed by atoms with E-state index >= 15 is 0 Å². The van der Waals surface area contributed by atoms with Gasteiger partial charge in [-0.3, -0.25) is 14.5 Å². The van der Waals surface area contributed by atoms with Crippen molar-refractivity contribution in [2.75, 3.05) is 62.0 Å². The van der Waals surface area contributed by atoms with Crippen LogP contribution in [0.3, 0.4) is 0 Å². The highest BCUT2D eigenvalue weighted by molar-refractivity contribution is 6.13. The van der Waals surface area contributed by atoms with Gasteiger partial charge in [0, 0.05) is 44.9 Å². The predicted molar refractivity (Wildman–Crippen MR) is 162 cm³/mol. The van der Waals surface area contributed by atoms with E-state index in [1.807, 2.05) is 72.3 Å². The first kappa shape index (κ1) is 27.1. The van der Waals surface area contributed by atoms with E-state index in [9.17, 15) is 9.59 Å². The second kappa shape index (κ2) is 11.4. The number of ether oxygens (including phenoxy) is 1. The number of piperidine rings is 1. The summed E-state index contributed by atoms with van der Waals surface area (Å²) in [4.78, 5) is 39.5. The lowest BCUT2D eigenvalue weighted by Crippen LogP contribution is -2.49. The Morgan fingerprint density at radius 2 is 1.78 bits per heavy atom. The molecule has 6 rings (SSSR count). The fraction of sp³-hybridized carbons (Fsp3) is 0.406. The number of nitrogens with zero attached hydrogens (tertiary/aromatic N) is 5. The van der Waals surface area contributed by atoms with Gasteiger partial charge in [-0.2, -0.15) is 0 Å². The summed E-state index contributed by atoms with van der Waals surface area (Å²) in [7, 11) is 3.72. The molecule has 1 atom stereocenters. The average Bonchev–Trinajstić information content (AvgIpc) is 3.54. The molecular weight excluding hydrogens is 516 g/mol. The lowest BCUT2D eigenvalue weighted by molar-refractivity contribution is 0.0607. The molecule has 9 heteroatoms. The van der Waals surface area contributed by atoms with E-state index in [0.717, 1.165) is 61.8 Å². The van der Waals surface area contributed by atoms with Gasteiger partial charge >= 0.3 is 0 Å². The topological polar surface area (TPSA) is 81.2 Å². The molecule has 2 fully saturated rings. The summed E-state index contributed by atoms with van der Waals surface area (Å²) in [6.07, 6.45) is 6.43. The Bertz CT molecular complexity index is 1450. The summed E-state index contributed by atoms with van der Waals surface area (Å²) in [5, 5.41) is 3.39. The second-order valence-electron chi connectivity index (χ2n) is 11.1. The van der Waals surface area contributed by atoms with Crippen molar-refractivity contribution in [2.24, 2.45) is 0 Å². The fourth-order valence-electron chi connectivity index (χ4n) is 6.30. The Hall–Kier alpha value is -4.11. The molecule has 41 heavy (non-hydrogen) atoms. The number of carbonyl (C=O) groups is 2. The van der Waals surface area contributed by atoms with Crippen molar-refractivity contribution in [3.63, 3.8) is 0 Å². The molecule has 0 aliphatic carbocycles.